The molecule has 0 aromatic carbocycles. The van der Waals surface area contributed by atoms with E-state index >= 15 is 0 Å². The first-order chi connectivity index (χ1) is 8.97. The Bertz CT molecular complexity index is 343. The summed E-state index contributed by atoms with van der Waals surface area (Å²) in [5, 5.41) is 8.16. The minimum atomic E-state index is -1.02. The van der Waals surface area contributed by atoms with Crippen LogP contribution in [0.4, 0.5) is 0 Å². The molecular weight excluding hydrogens is 252 g/mol. The molecule has 0 radical (unpaired) electrons. The van der Waals surface area contributed by atoms with Crippen molar-refractivity contribution in [2.75, 3.05) is 0 Å². The number of allylic oxidation sites excluding steroid dienone is 1. The third-order valence-corrected chi connectivity index (χ3v) is 1.49. The molecule has 0 amide bonds. The maximum atomic E-state index is 10.6. The highest BCUT2D eigenvalue weighted by atomic mass is 16.5. The maximum Gasteiger partial charge on any atom is 0.327 e. The molecule has 6 heteroatoms. The van der Waals surface area contributed by atoms with Gasteiger partial charge in [0.25, 0.3) is 0 Å². The van der Waals surface area contributed by atoms with Crippen LogP contribution in [0.2, 0.25) is 0 Å². The van der Waals surface area contributed by atoms with Crippen LogP contribution in [0.25, 0.3) is 0 Å². The molecular formula is C13H18O6. The minimum absolute atomic E-state index is 0.163. The van der Waals surface area contributed by atoms with E-state index in [9.17, 15) is 14.4 Å². The smallest absolute Gasteiger partial charge is 0.327 e. The lowest BCUT2D eigenvalue weighted by Crippen LogP contribution is -1.97. The normalized spacial score (nSPS) is 8.89. The van der Waals surface area contributed by atoms with Crippen molar-refractivity contribution in [2.45, 2.75) is 26.2 Å². The molecule has 106 valence electrons. The highest BCUT2D eigenvalue weighted by molar-refractivity contribution is 5.79. The van der Waals surface area contributed by atoms with Gasteiger partial charge in [0.1, 0.15) is 0 Å². The number of carboxylic acid groups (broad SMARTS) is 1. The fourth-order valence-electron chi connectivity index (χ4n) is 0.713. The molecule has 0 fully saturated rings. The summed E-state index contributed by atoms with van der Waals surface area (Å²) in [5.41, 5.74) is 0. The maximum absolute atomic E-state index is 10.6. The average Bonchev–Trinajstić information content (AvgIpc) is 2.36. The Balaban J connectivity index is 0. The molecule has 19 heavy (non-hydrogen) atoms. The number of rotatable bonds is 7. The molecule has 6 nitrogen and oxygen atoms in total. The van der Waals surface area contributed by atoms with E-state index in [1.165, 1.54) is 6.08 Å². The zero-order valence-electron chi connectivity index (χ0n) is 10.8. The number of aliphatic carboxylic acids is 1. The molecule has 0 aromatic heterocycles. The average molecular weight is 270 g/mol. The van der Waals surface area contributed by atoms with Gasteiger partial charge in [0, 0.05) is 18.9 Å². The Morgan fingerprint density at radius 3 is 2.00 bits per heavy atom. The van der Waals surface area contributed by atoms with E-state index in [1.807, 2.05) is 0 Å². The third kappa shape index (κ3) is 18.2. The monoisotopic (exact) mass is 270 g/mol. The van der Waals surface area contributed by atoms with Crippen molar-refractivity contribution in [3.05, 3.63) is 37.8 Å². The van der Waals surface area contributed by atoms with Crippen molar-refractivity contribution in [2.24, 2.45) is 0 Å². The molecule has 0 atom stereocenters. The molecule has 0 aliphatic carbocycles. The SMILES string of the molecule is C=COC(=O)CC.C=COC(=O)CC/C=C/C(=O)O. The molecule has 0 bridgehead atoms. The van der Waals surface area contributed by atoms with Gasteiger partial charge in [-0.25, -0.2) is 4.79 Å². The van der Waals surface area contributed by atoms with Gasteiger partial charge in [-0.2, -0.15) is 0 Å². The largest absolute Gasteiger partial charge is 0.478 e. The Morgan fingerprint density at radius 1 is 1.11 bits per heavy atom. The standard InChI is InChI=1S/C8H10O4.C5H8O2/c1-2-12-8(11)6-4-3-5-7(9)10;1-3-5(6)7-4-2/h2-3,5H,1,4,6H2,(H,9,10);4H,2-3H2,1H3/b5-3+;. The first-order valence-corrected chi connectivity index (χ1v) is 5.48. The van der Waals surface area contributed by atoms with Gasteiger partial charge >= 0.3 is 17.9 Å². The van der Waals surface area contributed by atoms with Gasteiger partial charge in [0.2, 0.25) is 0 Å². The predicted octanol–water partition coefficient (Wildman–Crippen LogP) is 2.18. The van der Waals surface area contributed by atoms with Crippen LogP contribution < -0.4 is 0 Å². The van der Waals surface area contributed by atoms with Crippen LogP contribution in [0, 0.1) is 0 Å². The second kappa shape index (κ2) is 13.7. The van der Waals surface area contributed by atoms with Gasteiger partial charge in [-0.05, 0) is 6.42 Å². The first-order valence-electron chi connectivity index (χ1n) is 5.48. The lowest BCUT2D eigenvalue weighted by molar-refractivity contribution is -0.138. The van der Waals surface area contributed by atoms with Gasteiger partial charge in [-0.3, -0.25) is 9.59 Å². The number of hydrogen-bond acceptors (Lipinski definition) is 5. The summed E-state index contributed by atoms with van der Waals surface area (Å²) in [6, 6.07) is 0. The van der Waals surface area contributed by atoms with Gasteiger partial charge in [-0.1, -0.05) is 26.2 Å². The highest BCUT2D eigenvalue weighted by Crippen LogP contribution is 1.94. The van der Waals surface area contributed by atoms with Crippen molar-refractivity contribution in [3.63, 3.8) is 0 Å². The van der Waals surface area contributed by atoms with Gasteiger partial charge < -0.3 is 14.6 Å². The Kier molecular flexibility index (Phi) is 13.7. The van der Waals surface area contributed by atoms with Crippen LogP contribution in [-0.4, -0.2) is 23.0 Å². The number of carbonyl (C=O) groups is 3. The number of hydrogen-bond donors (Lipinski definition) is 1. The van der Waals surface area contributed by atoms with Crippen LogP contribution in [-0.2, 0) is 23.9 Å². The Labute approximate surface area is 112 Å². The van der Waals surface area contributed by atoms with Crippen LogP contribution in [0.1, 0.15) is 26.2 Å². The molecule has 0 aliphatic rings. The van der Waals surface area contributed by atoms with Gasteiger partial charge in [0.15, 0.2) is 0 Å². The molecule has 0 saturated heterocycles. The fraction of sp³-hybridized carbons (Fsp3) is 0.308. The van der Waals surface area contributed by atoms with Crippen molar-refractivity contribution < 1.29 is 29.0 Å². The zero-order chi connectivity index (χ0) is 15.1. The molecule has 0 saturated carbocycles. The lowest BCUT2D eigenvalue weighted by atomic mass is 10.3. The van der Waals surface area contributed by atoms with E-state index in [4.69, 9.17) is 5.11 Å². The molecule has 0 aromatic rings. The van der Waals surface area contributed by atoms with E-state index < -0.39 is 11.9 Å². The molecule has 0 rings (SSSR count). The van der Waals surface area contributed by atoms with E-state index in [0.29, 0.717) is 12.8 Å². The molecule has 0 spiro atoms. The van der Waals surface area contributed by atoms with E-state index in [0.717, 1.165) is 18.6 Å². The lowest BCUT2D eigenvalue weighted by Gasteiger charge is -1.93. The minimum Gasteiger partial charge on any atom is -0.478 e. The highest BCUT2D eigenvalue weighted by Gasteiger charge is 1.97. The Hall–Kier alpha value is -2.37. The summed E-state index contributed by atoms with van der Waals surface area (Å²) in [4.78, 5) is 30.7. The molecule has 0 heterocycles. The van der Waals surface area contributed by atoms with Crippen molar-refractivity contribution in [3.8, 4) is 0 Å². The number of ether oxygens (including phenoxy) is 2. The fourth-order valence-corrected chi connectivity index (χ4v) is 0.713. The van der Waals surface area contributed by atoms with Gasteiger partial charge in [0.05, 0.1) is 12.5 Å². The van der Waals surface area contributed by atoms with E-state index in [-0.39, 0.29) is 12.4 Å². The van der Waals surface area contributed by atoms with Crippen molar-refractivity contribution in [1.82, 2.24) is 0 Å². The molecule has 0 aliphatic heterocycles. The zero-order valence-corrected chi connectivity index (χ0v) is 10.8. The van der Waals surface area contributed by atoms with Crippen molar-refractivity contribution >= 4 is 17.9 Å². The van der Waals surface area contributed by atoms with Crippen LogP contribution >= 0.6 is 0 Å². The second-order valence-corrected chi connectivity index (χ2v) is 2.95. The topological polar surface area (TPSA) is 89.9 Å². The van der Waals surface area contributed by atoms with Crippen LogP contribution in [0.5, 0.6) is 0 Å². The second-order valence-electron chi connectivity index (χ2n) is 2.95. The van der Waals surface area contributed by atoms with Gasteiger partial charge in [-0.15, -0.1) is 0 Å². The first kappa shape index (κ1) is 19.0. The van der Waals surface area contributed by atoms with E-state index in [1.54, 1.807) is 6.92 Å². The predicted molar refractivity (Wildman–Crippen MR) is 68.9 cm³/mol. The quantitative estimate of drug-likeness (QED) is 0.433. The van der Waals surface area contributed by atoms with Crippen LogP contribution in [0.3, 0.4) is 0 Å². The number of carbonyl (C=O) groups excluding carboxylic acids is 2. The summed E-state index contributed by atoms with van der Waals surface area (Å²) >= 11 is 0. The number of carboxylic acids is 1. The summed E-state index contributed by atoms with van der Waals surface area (Å²) in [6.07, 6.45) is 5.49. The summed E-state index contributed by atoms with van der Waals surface area (Å²) in [7, 11) is 0. The summed E-state index contributed by atoms with van der Waals surface area (Å²) in [6.45, 7) is 8.14. The van der Waals surface area contributed by atoms with E-state index in [2.05, 4.69) is 22.6 Å². The van der Waals surface area contributed by atoms with Crippen LogP contribution in [0.15, 0.2) is 37.8 Å². The number of esters is 2. The molecule has 0 unspecified atom stereocenters. The summed E-state index contributed by atoms with van der Waals surface area (Å²) < 4.78 is 8.71. The van der Waals surface area contributed by atoms with Crippen molar-refractivity contribution in [1.29, 1.82) is 0 Å². The third-order valence-electron chi connectivity index (χ3n) is 1.49. The molecule has 1 N–H and O–H groups in total. The summed E-state index contributed by atoms with van der Waals surface area (Å²) in [5.74, 6) is -1.68. The Morgan fingerprint density at radius 2 is 1.63 bits per heavy atom.